The fourth-order valence-corrected chi connectivity index (χ4v) is 6.28. The minimum Gasteiger partial charge on any atom is -0.360 e. The molecule has 0 amide bonds. The second-order valence-corrected chi connectivity index (χ2v) is 9.23. The highest BCUT2D eigenvalue weighted by atomic mass is 32.2. The smallest absolute Gasteiger partial charge is 0.254 e. The molecule has 0 radical (unpaired) electrons. The third-order valence-corrected chi connectivity index (χ3v) is 7.69. The number of aryl methyl sites for hydroxylation is 3. The van der Waals surface area contributed by atoms with Gasteiger partial charge in [0.05, 0.1) is 5.69 Å². The molecule has 1 aliphatic carbocycles. The van der Waals surface area contributed by atoms with E-state index in [4.69, 9.17) is 4.52 Å². The van der Waals surface area contributed by atoms with Gasteiger partial charge in [-0.3, -0.25) is 4.79 Å². The molecule has 0 saturated carbocycles. The van der Waals surface area contributed by atoms with Crippen LogP contribution in [0.4, 0.5) is 0 Å². The maximum absolute atomic E-state index is 13.2. The van der Waals surface area contributed by atoms with Gasteiger partial charge < -0.3 is 9.51 Å². The van der Waals surface area contributed by atoms with E-state index in [2.05, 4.69) is 15.1 Å². The Morgan fingerprint density at radius 1 is 1.23 bits per heavy atom. The molecule has 8 nitrogen and oxygen atoms in total. The largest absolute Gasteiger partial charge is 0.360 e. The molecule has 1 fully saturated rings. The van der Waals surface area contributed by atoms with E-state index in [1.165, 1.54) is 4.31 Å². The maximum Gasteiger partial charge on any atom is 0.254 e. The Bertz CT molecular complexity index is 1020. The highest BCUT2D eigenvalue weighted by Crippen LogP contribution is 2.44. The van der Waals surface area contributed by atoms with Crippen molar-refractivity contribution < 1.29 is 12.9 Å². The molecule has 1 aliphatic heterocycles. The second-order valence-electron chi connectivity index (χ2n) is 7.35. The van der Waals surface area contributed by atoms with E-state index >= 15 is 0 Å². The standard InChI is InChI=1S/C17H22N4O4S/c1-10-14(11(2)25-20-10)26(23,24)21-8-4-6-17(9-21)7-5-13-15(17)18-12(3)19-16(13)22/h4-9H2,1-3H3,(H,18,19,22). The molecule has 4 rings (SSSR count). The topological polar surface area (TPSA) is 109 Å². The van der Waals surface area contributed by atoms with Crippen molar-refractivity contribution in [1.82, 2.24) is 19.4 Å². The first-order chi connectivity index (χ1) is 12.2. The predicted octanol–water partition coefficient (Wildman–Crippen LogP) is 1.35. The van der Waals surface area contributed by atoms with Gasteiger partial charge in [0.1, 0.15) is 16.4 Å². The van der Waals surface area contributed by atoms with Crippen LogP contribution in [0.15, 0.2) is 14.2 Å². The Morgan fingerprint density at radius 3 is 2.69 bits per heavy atom. The van der Waals surface area contributed by atoms with Gasteiger partial charge in [-0.25, -0.2) is 13.4 Å². The molecule has 0 aromatic carbocycles. The molecule has 1 atom stereocenters. The van der Waals surface area contributed by atoms with Crippen LogP contribution in [0.3, 0.4) is 0 Å². The zero-order valence-electron chi connectivity index (χ0n) is 15.1. The summed E-state index contributed by atoms with van der Waals surface area (Å²) in [7, 11) is -3.70. The normalized spacial score (nSPS) is 23.5. The van der Waals surface area contributed by atoms with Crippen molar-refractivity contribution in [2.45, 2.75) is 56.8 Å². The lowest BCUT2D eigenvalue weighted by atomic mass is 9.78. The number of nitrogens with one attached hydrogen (secondary N) is 1. The van der Waals surface area contributed by atoms with E-state index in [0.29, 0.717) is 42.4 Å². The SMILES string of the molecule is Cc1nc2c(c(=O)[nH]1)CCC21CCCN(S(=O)(=O)c2c(C)noc2C)C1. The number of aromatic nitrogens is 3. The molecule has 1 spiro atoms. The van der Waals surface area contributed by atoms with Gasteiger partial charge in [0, 0.05) is 24.1 Å². The minimum atomic E-state index is -3.70. The van der Waals surface area contributed by atoms with Crippen LogP contribution in [-0.2, 0) is 21.9 Å². The molecule has 2 aromatic rings. The van der Waals surface area contributed by atoms with Crippen molar-refractivity contribution in [3.63, 3.8) is 0 Å². The number of hydrogen-bond donors (Lipinski definition) is 1. The van der Waals surface area contributed by atoms with E-state index in [9.17, 15) is 13.2 Å². The van der Waals surface area contributed by atoms with Gasteiger partial charge in [-0.05, 0) is 46.5 Å². The fraction of sp³-hybridized carbons (Fsp3) is 0.588. The highest BCUT2D eigenvalue weighted by Gasteiger charge is 2.47. The maximum atomic E-state index is 13.2. The summed E-state index contributed by atoms with van der Waals surface area (Å²) in [5, 5.41) is 3.79. The third kappa shape index (κ3) is 2.44. The van der Waals surface area contributed by atoms with Gasteiger partial charge in [0.25, 0.3) is 5.56 Å². The number of rotatable bonds is 2. The summed E-state index contributed by atoms with van der Waals surface area (Å²) in [4.78, 5) is 19.8. The van der Waals surface area contributed by atoms with E-state index in [-0.39, 0.29) is 10.5 Å². The zero-order valence-corrected chi connectivity index (χ0v) is 15.9. The zero-order chi connectivity index (χ0) is 18.7. The molecular formula is C17H22N4O4S. The Morgan fingerprint density at radius 2 is 2.00 bits per heavy atom. The molecule has 3 heterocycles. The summed E-state index contributed by atoms with van der Waals surface area (Å²) in [5.74, 6) is 0.875. The lowest BCUT2D eigenvalue weighted by Gasteiger charge is -2.39. The average molecular weight is 378 g/mol. The van der Waals surface area contributed by atoms with Crippen LogP contribution in [0.2, 0.25) is 0 Å². The van der Waals surface area contributed by atoms with Crippen LogP contribution < -0.4 is 5.56 Å². The minimum absolute atomic E-state index is 0.102. The number of H-pyrrole nitrogens is 1. The Kier molecular flexibility index (Phi) is 3.85. The Balaban J connectivity index is 1.76. The first-order valence-corrected chi connectivity index (χ1v) is 10.2. The molecular weight excluding hydrogens is 356 g/mol. The van der Waals surface area contributed by atoms with Crippen molar-refractivity contribution in [1.29, 1.82) is 0 Å². The number of nitrogens with zero attached hydrogens (tertiary/aromatic N) is 3. The van der Waals surface area contributed by atoms with E-state index in [0.717, 1.165) is 25.0 Å². The number of fused-ring (bicyclic) bond motifs is 2. The quantitative estimate of drug-likeness (QED) is 0.845. The molecule has 2 aromatic heterocycles. The van der Waals surface area contributed by atoms with E-state index in [1.54, 1.807) is 20.8 Å². The summed E-state index contributed by atoms with van der Waals surface area (Å²) >= 11 is 0. The van der Waals surface area contributed by atoms with Gasteiger partial charge in [0.2, 0.25) is 10.0 Å². The highest BCUT2D eigenvalue weighted by molar-refractivity contribution is 7.89. The van der Waals surface area contributed by atoms with Crippen LogP contribution in [0, 0.1) is 20.8 Å². The van der Waals surface area contributed by atoms with Crippen molar-refractivity contribution in [3.8, 4) is 0 Å². The van der Waals surface area contributed by atoms with E-state index < -0.39 is 15.4 Å². The lowest BCUT2D eigenvalue weighted by molar-refractivity contribution is 0.219. The molecule has 1 unspecified atom stereocenters. The van der Waals surface area contributed by atoms with Gasteiger partial charge in [-0.2, -0.15) is 4.31 Å². The lowest BCUT2D eigenvalue weighted by Crippen LogP contribution is -2.48. The Labute approximate surface area is 151 Å². The van der Waals surface area contributed by atoms with Crippen molar-refractivity contribution in [3.05, 3.63) is 38.9 Å². The number of hydrogen-bond acceptors (Lipinski definition) is 6. The van der Waals surface area contributed by atoms with Gasteiger partial charge in [0.15, 0.2) is 5.76 Å². The molecule has 2 aliphatic rings. The monoisotopic (exact) mass is 378 g/mol. The molecule has 1 saturated heterocycles. The summed E-state index contributed by atoms with van der Waals surface area (Å²) in [6, 6.07) is 0. The number of aromatic amines is 1. The Hall–Kier alpha value is -2.00. The van der Waals surface area contributed by atoms with Crippen molar-refractivity contribution in [2.24, 2.45) is 0 Å². The number of piperidine rings is 1. The van der Waals surface area contributed by atoms with Gasteiger partial charge in [-0.15, -0.1) is 0 Å². The van der Waals surface area contributed by atoms with Gasteiger partial charge >= 0.3 is 0 Å². The van der Waals surface area contributed by atoms with Crippen molar-refractivity contribution >= 4 is 10.0 Å². The molecule has 140 valence electrons. The predicted molar refractivity (Wildman–Crippen MR) is 93.6 cm³/mol. The fourth-order valence-electron chi connectivity index (χ4n) is 4.43. The molecule has 9 heteroatoms. The first kappa shape index (κ1) is 17.4. The van der Waals surface area contributed by atoms with Gasteiger partial charge in [-0.1, -0.05) is 5.16 Å². The molecule has 0 bridgehead atoms. The summed E-state index contributed by atoms with van der Waals surface area (Å²) in [5.41, 5.74) is 1.36. The van der Waals surface area contributed by atoms with Crippen LogP contribution >= 0.6 is 0 Å². The van der Waals surface area contributed by atoms with Crippen LogP contribution in [0.5, 0.6) is 0 Å². The van der Waals surface area contributed by atoms with Crippen LogP contribution in [-0.4, -0.2) is 40.9 Å². The van der Waals surface area contributed by atoms with Crippen LogP contribution in [0.25, 0.3) is 0 Å². The summed E-state index contributed by atoms with van der Waals surface area (Å²) in [6.45, 7) is 5.79. The van der Waals surface area contributed by atoms with E-state index in [1.807, 2.05) is 0 Å². The second kappa shape index (κ2) is 5.75. The molecule has 26 heavy (non-hydrogen) atoms. The third-order valence-electron chi connectivity index (χ3n) is 5.60. The van der Waals surface area contributed by atoms with Crippen molar-refractivity contribution in [2.75, 3.05) is 13.1 Å². The molecule has 1 N–H and O–H groups in total. The first-order valence-electron chi connectivity index (χ1n) is 8.78. The summed E-state index contributed by atoms with van der Waals surface area (Å²) in [6.07, 6.45) is 2.95. The van der Waals surface area contributed by atoms with Crippen LogP contribution in [0.1, 0.15) is 47.8 Å². The average Bonchev–Trinajstić information content (AvgIpc) is 3.09. The summed E-state index contributed by atoms with van der Waals surface area (Å²) < 4.78 is 33.0. The number of sulfonamides is 1.